The zero-order valence-corrected chi connectivity index (χ0v) is 17.7. The number of ether oxygens (including phenoxy) is 1. The molecule has 1 fully saturated rings. The second-order valence-electron chi connectivity index (χ2n) is 6.77. The first-order chi connectivity index (χ1) is 13.9. The van der Waals surface area contributed by atoms with Crippen LogP contribution >= 0.6 is 11.6 Å². The van der Waals surface area contributed by atoms with Crippen LogP contribution in [-0.4, -0.2) is 63.4 Å². The van der Waals surface area contributed by atoms with Crippen LogP contribution in [0, 0.1) is 0 Å². The van der Waals surface area contributed by atoms with Gasteiger partial charge in [-0.2, -0.15) is 4.31 Å². The first-order valence-corrected chi connectivity index (χ1v) is 11.1. The molecule has 1 aliphatic heterocycles. The highest BCUT2D eigenvalue weighted by Gasteiger charge is 2.27. The quantitative estimate of drug-likeness (QED) is 0.751. The minimum absolute atomic E-state index is 0.154. The van der Waals surface area contributed by atoms with E-state index in [4.69, 9.17) is 16.3 Å². The van der Waals surface area contributed by atoms with Gasteiger partial charge in [0.1, 0.15) is 5.75 Å². The number of anilines is 1. The number of hydrogen-bond donors (Lipinski definition) is 1. The molecule has 1 N–H and O–H groups in total. The van der Waals surface area contributed by atoms with Gasteiger partial charge in [0.2, 0.25) is 15.9 Å². The van der Waals surface area contributed by atoms with Crippen molar-refractivity contribution in [1.82, 2.24) is 9.21 Å². The van der Waals surface area contributed by atoms with E-state index in [1.165, 1.54) is 11.4 Å². The second-order valence-corrected chi connectivity index (χ2v) is 9.14. The number of sulfonamides is 1. The van der Waals surface area contributed by atoms with Crippen LogP contribution in [0.2, 0.25) is 5.02 Å². The molecule has 1 heterocycles. The van der Waals surface area contributed by atoms with Crippen LogP contribution in [0.1, 0.15) is 6.42 Å². The Balaban J connectivity index is 1.58. The molecule has 0 aromatic heterocycles. The van der Waals surface area contributed by atoms with Crippen molar-refractivity contribution in [3.8, 4) is 5.75 Å². The summed E-state index contributed by atoms with van der Waals surface area (Å²) in [5, 5.41) is 3.37. The lowest BCUT2D eigenvalue weighted by atomic mass is 10.3. The van der Waals surface area contributed by atoms with Crippen molar-refractivity contribution in [1.29, 1.82) is 0 Å². The Hall–Kier alpha value is -2.13. The number of hydrogen-bond acceptors (Lipinski definition) is 5. The van der Waals surface area contributed by atoms with E-state index in [2.05, 4.69) is 5.32 Å². The third-order valence-corrected chi connectivity index (χ3v) is 6.87. The monoisotopic (exact) mass is 437 g/mol. The lowest BCUT2D eigenvalue weighted by molar-refractivity contribution is -0.117. The standard InChI is InChI=1S/C20H24ClN3O4S/c1-28-18-6-8-19(9-7-18)29(26,27)24-11-3-10-23(12-13-24)15-20(25)22-17-5-2-4-16(21)14-17/h2,4-9,14H,3,10-13,15H2,1H3,(H,22,25). The maximum Gasteiger partial charge on any atom is 0.243 e. The van der Waals surface area contributed by atoms with Gasteiger partial charge in [-0.15, -0.1) is 0 Å². The molecule has 2 aromatic carbocycles. The number of rotatable bonds is 6. The SMILES string of the molecule is COc1ccc(S(=O)(=O)N2CCCN(CC(=O)Nc3cccc(Cl)c3)CC2)cc1. The first kappa shape index (κ1) is 21.6. The first-order valence-electron chi connectivity index (χ1n) is 9.30. The van der Waals surface area contributed by atoms with Gasteiger partial charge in [0.15, 0.2) is 0 Å². The Bertz CT molecular complexity index is 950. The molecule has 9 heteroatoms. The van der Waals surface area contributed by atoms with Gasteiger partial charge in [0.05, 0.1) is 18.6 Å². The molecule has 3 rings (SSSR count). The summed E-state index contributed by atoms with van der Waals surface area (Å²) in [6, 6.07) is 13.3. The Labute approximate surface area is 176 Å². The third kappa shape index (κ3) is 5.70. The van der Waals surface area contributed by atoms with Gasteiger partial charge in [-0.1, -0.05) is 17.7 Å². The Morgan fingerprint density at radius 1 is 1.10 bits per heavy atom. The maximum absolute atomic E-state index is 12.9. The smallest absolute Gasteiger partial charge is 0.243 e. The lowest BCUT2D eigenvalue weighted by Crippen LogP contribution is -2.38. The van der Waals surface area contributed by atoms with E-state index in [0.717, 1.165) is 0 Å². The summed E-state index contributed by atoms with van der Waals surface area (Å²) >= 11 is 5.94. The molecule has 1 aliphatic rings. The molecule has 2 aromatic rings. The van der Waals surface area contributed by atoms with Gasteiger partial charge < -0.3 is 10.1 Å². The van der Waals surface area contributed by atoms with Crippen molar-refractivity contribution in [3.63, 3.8) is 0 Å². The van der Waals surface area contributed by atoms with Crippen molar-refractivity contribution in [2.45, 2.75) is 11.3 Å². The van der Waals surface area contributed by atoms with Crippen molar-refractivity contribution < 1.29 is 17.9 Å². The normalized spacial score (nSPS) is 16.2. The summed E-state index contributed by atoms with van der Waals surface area (Å²) in [7, 11) is -2.04. The zero-order valence-electron chi connectivity index (χ0n) is 16.2. The van der Waals surface area contributed by atoms with Gasteiger partial charge >= 0.3 is 0 Å². The molecule has 0 unspecified atom stereocenters. The molecule has 156 valence electrons. The van der Waals surface area contributed by atoms with E-state index in [-0.39, 0.29) is 17.3 Å². The topological polar surface area (TPSA) is 79.0 Å². The Morgan fingerprint density at radius 2 is 1.86 bits per heavy atom. The number of benzene rings is 2. The molecule has 7 nitrogen and oxygen atoms in total. The highest BCUT2D eigenvalue weighted by atomic mass is 35.5. The van der Waals surface area contributed by atoms with Crippen molar-refractivity contribution >= 4 is 33.2 Å². The van der Waals surface area contributed by atoms with E-state index < -0.39 is 10.0 Å². The number of methoxy groups -OCH3 is 1. The van der Waals surface area contributed by atoms with Crippen LogP contribution in [0.5, 0.6) is 5.75 Å². The maximum atomic E-state index is 12.9. The van der Waals surface area contributed by atoms with Gasteiger partial charge in [0.25, 0.3) is 0 Å². The van der Waals surface area contributed by atoms with E-state index in [1.807, 2.05) is 4.90 Å². The number of halogens is 1. The third-order valence-electron chi connectivity index (χ3n) is 4.72. The molecule has 0 spiro atoms. The van der Waals surface area contributed by atoms with Crippen molar-refractivity contribution in [2.24, 2.45) is 0 Å². The molecule has 1 saturated heterocycles. The fraction of sp³-hybridized carbons (Fsp3) is 0.350. The number of nitrogens with zero attached hydrogens (tertiary/aromatic N) is 2. The molecule has 0 radical (unpaired) electrons. The largest absolute Gasteiger partial charge is 0.497 e. The van der Waals surface area contributed by atoms with Crippen LogP contribution in [0.3, 0.4) is 0 Å². The zero-order chi connectivity index (χ0) is 20.9. The Morgan fingerprint density at radius 3 is 2.55 bits per heavy atom. The van der Waals surface area contributed by atoms with Gasteiger partial charge in [-0.05, 0) is 55.4 Å². The summed E-state index contributed by atoms with van der Waals surface area (Å²) in [6.45, 7) is 2.08. The highest BCUT2D eigenvalue weighted by Crippen LogP contribution is 2.21. The summed E-state index contributed by atoms with van der Waals surface area (Å²) < 4.78 is 32.4. The molecule has 0 bridgehead atoms. The van der Waals surface area contributed by atoms with Gasteiger partial charge in [-0.25, -0.2) is 8.42 Å². The fourth-order valence-corrected chi connectivity index (χ4v) is 4.87. The fourth-order valence-electron chi connectivity index (χ4n) is 3.21. The van der Waals surface area contributed by atoms with Crippen LogP contribution < -0.4 is 10.1 Å². The number of nitrogens with one attached hydrogen (secondary N) is 1. The average Bonchev–Trinajstić information content (AvgIpc) is 2.94. The van der Waals surface area contributed by atoms with Crippen LogP contribution in [0.15, 0.2) is 53.4 Å². The van der Waals surface area contributed by atoms with Crippen molar-refractivity contribution in [3.05, 3.63) is 53.6 Å². The highest BCUT2D eigenvalue weighted by molar-refractivity contribution is 7.89. The predicted octanol–water partition coefficient (Wildman–Crippen LogP) is 2.68. The van der Waals surface area contributed by atoms with Gasteiger partial charge in [0, 0.05) is 30.3 Å². The number of amides is 1. The predicted molar refractivity (Wildman–Crippen MR) is 113 cm³/mol. The minimum Gasteiger partial charge on any atom is -0.497 e. The Kier molecular flexibility index (Phi) is 7.13. The minimum atomic E-state index is -3.58. The summed E-state index contributed by atoms with van der Waals surface area (Å²) in [6.07, 6.45) is 0.653. The molecule has 0 saturated carbocycles. The summed E-state index contributed by atoms with van der Waals surface area (Å²) in [5.74, 6) is 0.454. The van der Waals surface area contributed by atoms with Gasteiger partial charge in [-0.3, -0.25) is 9.69 Å². The number of carbonyl (C=O) groups excluding carboxylic acids is 1. The van der Waals surface area contributed by atoms with E-state index in [0.29, 0.717) is 49.1 Å². The number of carbonyl (C=O) groups is 1. The molecular weight excluding hydrogens is 414 g/mol. The van der Waals surface area contributed by atoms with Crippen molar-refractivity contribution in [2.75, 3.05) is 45.2 Å². The second kappa shape index (κ2) is 9.58. The average molecular weight is 438 g/mol. The summed E-state index contributed by atoms with van der Waals surface area (Å²) in [4.78, 5) is 14.5. The lowest BCUT2D eigenvalue weighted by Gasteiger charge is -2.21. The van der Waals surface area contributed by atoms with E-state index in [9.17, 15) is 13.2 Å². The summed E-state index contributed by atoms with van der Waals surface area (Å²) in [5.41, 5.74) is 0.640. The van der Waals surface area contributed by atoms with Crippen LogP contribution in [0.4, 0.5) is 5.69 Å². The van der Waals surface area contributed by atoms with Crippen LogP contribution in [-0.2, 0) is 14.8 Å². The molecule has 29 heavy (non-hydrogen) atoms. The van der Waals surface area contributed by atoms with Crippen LogP contribution in [0.25, 0.3) is 0 Å². The van der Waals surface area contributed by atoms with E-state index in [1.54, 1.807) is 48.5 Å². The molecule has 0 aliphatic carbocycles. The molecule has 0 atom stereocenters. The van der Waals surface area contributed by atoms with E-state index >= 15 is 0 Å². The molecular formula is C20H24ClN3O4S. The molecule has 1 amide bonds.